The van der Waals surface area contributed by atoms with Crippen molar-refractivity contribution in [1.29, 1.82) is 0 Å². The molecule has 0 bridgehead atoms. The maximum Gasteiger partial charge on any atom is 0.217 e. The zero-order valence-electron chi connectivity index (χ0n) is 49.8. The Hall–Kier alpha value is -2.78. The van der Waals surface area contributed by atoms with Gasteiger partial charge in [-0.15, -0.1) is 0 Å². The molecule has 0 spiro atoms. The van der Waals surface area contributed by atoms with Gasteiger partial charge < -0.3 is 130 Å². The van der Waals surface area contributed by atoms with Crippen molar-refractivity contribution in [3.05, 3.63) is 34.6 Å². The first-order valence-electron chi connectivity index (χ1n) is 30.6. The Bertz CT molecular complexity index is 1710. The van der Waals surface area contributed by atoms with Gasteiger partial charge in [-0.2, -0.15) is 0 Å². The van der Waals surface area contributed by atoms with Gasteiger partial charge in [0, 0.05) is 52.3 Å². The van der Waals surface area contributed by atoms with Crippen LogP contribution in [0, 0.1) is 0 Å². The molecule has 498 valence electrons. The molecule has 15 atom stereocenters. The van der Waals surface area contributed by atoms with E-state index in [1.54, 1.807) is 0 Å². The molecular formula is C58H110O26. The number of hydrogen-bond donors (Lipinski definition) is 19. The van der Waals surface area contributed by atoms with E-state index >= 15 is 0 Å². The summed E-state index contributed by atoms with van der Waals surface area (Å²) in [5.74, 6) is -7.72. The van der Waals surface area contributed by atoms with Gasteiger partial charge >= 0.3 is 0 Å². The van der Waals surface area contributed by atoms with Gasteiger partial charge in [-0.3, -0.25) is 0 Å². The standard InChI is InChI=1S/C58H110O26/c1-3-5-7-9-11-13-15-17-19-21-23-25-33-78-53(42(82-57(77)51(73)46(68)40(65)29-32-61)36-80-55(75)49(71)44(66)38(63)27-30-59)54(79-34-26-24-22-20-18-16-14-12-10-8-6-4-2)43(37-81-56(76)50(72)45(67)39(64)28-31-60)84-58-52(74)48(70)47(69)41(35-62)83-58/h38-43,47-48,52-77H,3-37H2,1-2H3/b49-44+,50-45-,51-46-/t38-,39-,40-,41?,42+,43+,47-,48?,52?,53+,54+,55+,56+,57+,58+/m1/s1. The van der Waals surface area contributed by atoms with E-state index in [4.69, 9.17) is 33.2 Å². The first-order valence-corrected chi connectivity index (χ1v) is 30.6. The number of ether oxygens (including phenoxy) is 7. The summed E-state index contributed by atoms with van der Waals surface area (Å²) in [4.78, 5) is 0. The Morgan fingerprint density at radius 1 is 0.381 bits per heavy atom. The summed E-state index contributed by atoms with van der Waals surface area (Å²) >= 11 is 0. The van der Waals surface area contributed by atoms with Gasteiger partial charge in [0.2, 0.25) is 18.9 Å². The molecule has 0 aromatic rings. The van der Waals surface area contributed by atoms with Crippen molar-refractivity contribution in [1.82, 2.24) is 0 Å². The molecule has 26 heteroatoms. The second kappa shape index (κ2) is 48.2. The van der Waals surface area contributed by atoms with Crippen molar-refractivity contribution in [3.63, 3.8) is 0 Å². The second-order valence-electron chi connectivity index (χ2n) is 21.6. The predicted molar refractivity (Wildman–Crippen MR) is 305 cm³/mol. The van der Waals surface area contributed by atoms with Crippen LogP contribution in [0.15, 0.2) is 34.6 Å². The van der Waals surface area contributed by atoms with E-state index in [9.17, 15) is 97.0 Å². The summed E-state index contributed by atoms with van der Waals surface area (Å²) in [6, 6.07) is 0. The Morgan fingerprint density at radius 3 is 1.05 bits per heavy atom. The molecule has 0 aromatic carbocycles. The van der Waals surface area contributed by atoms with Gasteiger partial charge in [-0.1, -0.05) is 155 Å². The maximum atomic E-state index is 11.5. The summed E-state index contributed by atoms with van der Waals surface area (Å²) in [5.41, 5.74) is 0. The molecule has 1 saturated heterocycles. The first kappa shape index (κ1) is 79.2. The summed E-state index contributed by atoms with van der Waals surface area (Å²) in [6.07, 6.45) is -8.64. The van der Waals surface area contributed by atoms with Crippen LogP contribution in [0.5, 0.6) is 0 Å². The Balaban J connectivity index is 4.12. The van der Waals surface area contributed by atoms with Crippen molar-refractivity contribution in [2.24, 2.45) is 0 Å². The van der Waals surface area contributed by atoms with Crippen molar-refractivity contribution < 1.29 is 130 Å². The van der Waals surface area contributed by atoms with E-state index in [2.05, 4.69) is 13.8 Å². The van der Waals surface area contributed by atoms with E-state index in [-0.39, 0.29) is 13.2 Å². The fraction of sp³-hybridized carbons (Fsp3) is 0.897. The lowest BCUT2D eigenvalue weighted by atomic mass is 9.98. The normalized spacial score (nSPS) is 22.2. The smallest absolute Gasteiger partial charge is 0.217 e. The minimum absolute atomic E-state index is 0.171. The summed E-state index contributed by atoms with van der Waals surface area (Å²) in [7, 11) is 0. The van der Waals surface area contributed by atoms with Gasteiger partial charge in [0.25, 0.3) is 0 Å². The van der Waals surface area contributed by atoms with E-state index < -0.39 is 186 Å². The van der Waals surface area contributed by atoms with Crippen LogP contribution < -0.4 is 0 Å². The van der Waals surface area contributed by atoms with Crippen LogP contribution in [0.1, 0.15) is 187 Å². The zero-order valence-corrected chi connectivity index (χ0v) is 49.8. The highest BCUT2D eigenvalue weighted by atomic mass is 16.7. The van der Waals surface area contributed by atoms with Crippen molar-refractivity contribution in [2.75, 3.05) is 52.9 Å². The molecule has 84 heavy (non-hydrogen) atoms. The highest BCUT2D eigenvalue weighted by Gasteiger charge is 2.48. The third-order valence-electron chi connectivity index (χ3n) is 14.6. The quantitative estimate of drug-likeness (QED) is 0.0233. The van der Waals surface area contributed by atoms with Crippen molar-refractivity contribution in [2.45, 2.75) is 280 Å². The minimum atomic E-state index is -2.64. The maximum absolute atomic E-state index is 11.5. The lowest BCUT2D eigenvalue weighted by Gasteiger charge is -2.43. The number of rotatable bonds is 54. The van der Waals surface area contributed by atoms with Crippen LogP contribution >= 0.6 is 0 Å². The third kappa shape index (κ3) is 31.4. The average molecular weight is 1220 g/mol. The third-order valence-corrected chi connectivity index (χ3v) is 14.6. The number of aliphatic hydroxyl groups excluding tert-OH is 19. The molecule has 0 aromatic heterocycles. The van der Waals surface area contributed by atoms with Gasteiger partial charge in [0.05, 0.1) is 19.8 Å². The zero-order chi connectivity index (χ0) is 62.8. The number of hydrogen-bond acceptors (Lipinski definition) is 26. The molecule has 0 radical (unpaired) electrons. The van der Waals surface area contributed by atoms with E-state index in [0.717, 1.165) is 89.9 Å². The van der Waals surface area contributed by atoms with Crippen LogP contribution in [0.25, 0.3) is 0 Å². The summed E-state index contributed by atoms with van der Waals surface area (Å²) < 4.78 is 42.1. The predicted octanol–water partition coefficient (Wildman–Crippen LogP) is 3.93. The van der Waals surface area contributed by atoms with Crippen LogP contribution in [-0.2, 0) is 33.2 Å². The van der Waals surface area contributed by atoms with Crippen LogP contribution in [0.2, 0.25) is 0 Å². The first-order chi connectivity index (χ1) is 40.3. The Kier molecular flexibility index (Phi) is 45.4. The van der Waals surface area contributed by atoms with Gasteiger partial charge in [-0.05, 0) is 12.8 Å². The van der Waals surface area contributed by atoms with Crippen LogP contribution in [0.3, 0.4) is 0 Å². The molecule has 1 fully saturated rings. The Labute approximate surface area is 495 Å². The molecule has 0 saturated carbocycles. The molecule has 26 nitrogen and oxygen atoms in total. The largest absolute Gasteiger partial charge is 0.506 e. The monoisotopic (exact) mass is 1220 g/mol. The number of unbranched alkanes of at least 4 members (excludes halogenated alkanes) is 22. The molecule has 1 rings (SSSR count). The molecule has 3 unspecified atom stereocenters. The topological polar surface area (TPSA) is 449 Å². The second-order valence-corrected chi connectivity index (χ2v) is 21.6. The minimum Gasteiger partial charge on any atom is -0.506 e. The summed E-state index contributed by atoms with van der Waals surface area (Å²) in [6.45, 7) is -1.02. The lowest BCUT2D eigenvalue weighted by molar-refractivity contribution is -0.330. The fourth-order valence-corrected chi connectivity index (χ4v) is 9.36. The highest BCUT2D eigenvalue weighted by Crippen LogP contribution is 2.30. The number of aliphatic hydroxyl groups is 19. The van der Waals surface area contributed by atoms with E-state index in [0.29, 0.717) is 25.7 Å². The molecule has 1 heterocycles. The van der Waals surface area contributed by atoms with E-state index in [1.807, 2.05) is 0 Å². The van der Waals surface area contributed by atoms with Crippen LogP contribution in [0.4, 0.5) is 0 Å². The van der Waals surface area contributed by atoms with Crippen molar-refractivity contribution in [3.8, 4) is 0 Å². The molecule has 0 aliphatic carbocycles. The van der Waals surface area contributed by atoms with Crippen LogP contribution in [-0.4, -0.2) is 242 Å². The Morgan fingerprint density at radius 2 is 0.702 bits per heavy atom. The van der Waals surface area contributed by atoms with Gasteiger partial charge in [0.1, 0.15) is 67.1 Å². The average Bonchev–Trinajstić information content (AvgIpc) is 2.51. The fourth-order valence-electron chi connectivity index (χ4n) is 9.36. The molecule has 19 N–H and O–H groups in total. The lowest BCUT2D eigenvalue weighted by Crippen LogP contribution is -2.61. The van der Waals surface area contributed by atoms with Gasteiger partial charge in [0.15, 0.2) is 40.8 Å². The molecular weight excluding hydrogens is 1110 g/mol. The molecule has 0 amide bonds. The molecule has 1 aliphatic rings. The van der Waals surface area contributed by atoms with Gasteiger partial charge in [-0.25, -0.2) is 0 Å². The molecule has 1 aliphatic heterocycles. The SMILES string of the molecule is CCCCCCCCCCCCCCO[C@H]([C@@H](OCCCCCCCCCCCCCC)[C@H](CO[C@H](O)/C(O)=C(\O)[C@H](O)CCO)O[C@H](O)/C(O)=C(/O)[C@H](O)CCO)[C@H](CO[C@H](O)/C(O)=C(/O)[C@H](O)CCO)O[C@@H]1OC(CO)[C@@H](O)C(O)C1O. The summed E-state index contributed by atoms with van der Waals surface area (Å²) in [5, 5.41) is 200. The van der Waals surface area contributed by atoms with Crippen molar-refractivity contribution >= 4 is 0 Å². The van der Waals surface area contributed by atoms with E-state index in [1.165, 1.54) is 38.5 Å². The highest BCUT2D eigenvalue weighted by molar-refractivity contribution is 5.08.